The predicted octanol–water partition coefficient (Wildman–Crippen LogP) is 5.50. The standard InChI is InChI=1S/C30H50N4O6/c1-16-14-29(8,9)26(40-28-19(4)23(34(11)12)13-18(3)38-28)20(5)25(36)21(6)27(37)39-22(7)30(10,32-33-31)15-17(2)24(16)35/h15-16,18-23,26,28H,13-14H2,1-12H3/b17-15+/t16-,18?,19?,20+,21-,22-,23?,26-,28?,30?/m1/s1. The molecule has 226 valence electrons. The molecule has 0 aromatic heterocycles. The van der Waals surface area contributed by atoms with Gasteiger partial charge in [0.15, 0.2) is 17.9 Å². The van der Waals surface area contributed by atoms with E-state index in [1.165, 1.54) is 6.92 Å². The van der Waals surface area contributed by atoms with Crippen LogP contribution in [0.4, 0.5) is 0 Å². The lowest BCUT2D eigenvalue weighted by atomic mass is 9.71. The van der Waals surface area contributed by atoms with Gasteiger partial charge >= 0.3 is 5.97 Å². The molecular formula is C30H50N4O6. The zero-order valence-corrected chi connectivity index (χ0v) is 26.4. The fourth-order valence-electron chi connectivity index (χ4n) is 6.38. The van der Waals surface area contributed by atoms with Crippen LogP contribution >= 0.6 is 0 Å². The fraction of sp³-hybridized carbons (Fsp3) is 0.833. The zero-order valence-electron chi connectivity index (χ0n) is 26.4. The first kappa shape index (κ1) is 33.9. The highest BCUT2D eigenvalue weighted by Gasteiger charge is 2.47. The molecule has 1 fully saturated rings. The van der Waals surface area contributed by atoms with Crippen molar-refractivity contribution in [3.63, 3.8) is 0 Å². The quantitative estimate of drug-likeness (QED) is 0.145. The minimum Gasteiger partial charge on any atom is -0.461 e. The largest absolute Gasteiger partial charge is 0.461 e. The van der Waals surface area contributed by atoms with Crippen molar-refractivity contribution < 1.29 is 28.6 Å². The first-order valence-electron chi connectivity index (χ1n) is 14.4. The molecule has 0 N–H and O–H groups in total. The molecule has 2 rings (SSSR count). The molecule has 0 saturated carbocycles. The molecule has 5 unspecified atom stereocenters. The summed E-state index contributed by atoms with van der Waals surface area (Å²) in [5, 5.41) is 3.86. The van der Waals surface area contributed by atoms with Crippen LogP contribution in [0.1, 0.15) is 82.1 Å². The topological polar surface area (TPSA) is 131 Å². The number of ether oxygens (including phenoxy) is 3. The molecule has 0 spiro atoms. The summed E-state index contributed by atoms with van der Waals surface area (Å²) in [5.74, 6) is -3.29. The highest BCUT2D eigenvalue weighted by molar-refractivity contribution is 6.00. The minimum absolute atomic E-state index is 0.0308. The Morgan fingerprint density at radius 1 is 1.07 bits per heavy atom. The van der Waals surface area contributed by atoms with Crippen LogP contribution in [-0.4, -0.2) is 72.7 Å². The van der Waals surface area contributed by atoms with Crippen molar-refractivity contribution in [3.8, 4) is 0 Å². The van der Waals surface area contributed by atoms with Crippen LogP contribution in [0.15, 0.2) is 16.8 Å². The van der Waals surface area contributed by atoms with Crippen molar-refractivity contribution in [2.75, 3.05) is 14.1 Å². The number of rotatable bonds is 4. The maximum Gasteiger partial charge on any atom is 0.316 e. The minimum atomic E-state index is -1.31. The summed E-state index contributed by atoms with van der Waals surface area (Å²) in [5.41, 5.74) is 7.67. The Labute approximate surface area is 239 Å². The smallest absolute Gasteiger partial charge is 0.316 e. The van der Waals surface area contributed by atoms with E-state index in [1.54, 1.807) is 33.8 Å². The second-order valence-electron chi connectivity index (χ2n) is 13.2. The number of hydrogen-bond donors (Lipinski definition) is 0. The van der Waals surface area contributed by atoms with Crippen LogP contribution < -0.4 is 0 Å². The van der Waals surface area contributed by atoms with Gasteiger partial charge in [-0.05, 0) is 78.1 Å². The van der Waals surface area contributed by atoms with Gasteiger partial charge in [0.05, 0.1) is 12.2 Å². The normalized spacial score (nSPS) is 41.4. The van der Waals surface area contributed by atoms with E-state index in [2.05, 4.69) is 21.8 Å². The number of cyclic esters (lactones) is 1. The Morgan fingerprint density at radius 2 is 1.68 bits per heavy atom. The van der Waals surface area contributed by atoms with Gasteiger partial charge in [-0.1, -0.05) is 45.8 Å². The molecule has 10 nitrogen and oxygen atoms in total. The number of carbonyl (C=O) groups excluding carboxylic acids is 3. The lowest BCUT2D eigenvalue weighted by molar-refractivity contribution is -0.268. The first-order valence-corrected chi connectivity index (χ1v) is 14.4. The number of esters is 1. The van der Waals surface area contributed by atoms with Gasteiger partial charge in [-0.25, -0.2) is 0 Å². The van der Waals surface area contributed by atoms with E-state index in [-0.39, 0.29) is 29.6 Å². The summed E-state index contributed by atoms with van der Waals surface area (Å²) in [6.07, 6.45) is 0.718. The van der Waals surface area contributed by atoms with Gasteiger partial charge in [-0.2, -0.15) is 0 Å². The van der Waals surface area contributed by atoms with Gasteiger partial charge < -0.3 is 19.1 Å². The summed E-state index contributed by atoms with van der Waals surface area (Å²) in [7, 11) is 4.08. The van der Waals surface area contributed by atoms with E-state index >= 15 is 0 Å². The highest BCUT2D eigenvalue weighted by atomic mass is 16.7. The molecule has 40 heavy (non-hydrogen) atoms. The van der Waals surface area contributed by atoms with Gasteiger partial charge in [0, 0.05) is 28.7 Å². The number of Topliss-reactive ketones (excluding diaryl/α,β-unsaturated/α-hetero) is 2. The summed E-state index contributed by atoms with van der Waals surface area (Å²) in [6.45, 7) is 18.1. The van der Waals surface area contributed by atoms with Crippen LogP contribution in [-0.2, 0) is 28.6 Å². The van der Waals surface area contributed by atoms with E-state index in [0.717, 1.165) is 6.42 Å². The van der Waals surface area contributed by atoms with Crippen LogP contribution in [0.2, 0.25) is 0 Å². The van der Waals surface area contributed by atoms with Crippen molar-refractivity contribution in [1.82, 2.24) is 4.90 Å². The molecule has 2 aliphatic rings. The summed E-state index contributed by atoms with van der Waals surface area (Å²) in [4.78, 5) is 45.6. The lowest BCUT2D eigenvalue weighted by Gasteiger charge is -2.47. The molecule has 0 aromatic carbocycles. The fourth-order valence-corrected chi connectivity index (χ4v) is 6.38. The van der Waals surface area contributed by atoms with Gasteiger partial charge in [0.25, 0.3) is 0 Å². The maximum atomic E-state index is 13.8. The molecule has 2 aliphatic heterocycles. The van der Waals surface area contributed by atoms with E-state index in [9.17, 15) is 19.9 Å². The van der Waals surface area contributed by atoms with Crippen molar-refractivity contribution in [2.24, 2.45) is 34.2 Å². The molecule has 0 radical (unpaired) electrons. The number of carbonyl (C=O) groups is 3. The zero-order chi connectivity index (χ0) is 30.7. The third-order valence-electron chi connectivity index (χ3n) is 8.93. The molecule has 0 aromatic rings. The summed E-state index contributed by atoms with van der Waals surface area (Å²) < 4.78 is 18.7. The first-order chi connectivity index (χ1) is 18.4. The second-order valence-corrected chi connectivity index (χ2v) is 13.2. The maximum absolute atomic E-state index is 13.8. The number of allylic oxidation sites excluding steroid dienone is 1. The molecule has 0 amide bonds. The third-order valence-corrected chi connectivity index (χ3v) is 8.93. The van der Waals surface area contributed by atoms with Crippen molar-refractivity contribution in [3.05, 3.63) is 22.1 Å². The third kappa shape index (κ3) is 7.52. The molecule has 0 bridgehead atoms. The molecular weight excluding hydrogens is 512 g/mol. The molecule has 1 saturated heterocycles. The van der Waals surface area contributed by atoms with Crippen LogP contribution in [0, 0.1) is 29.1 Å². The number of ketones is 2. The van der Waals surface area contributed by atoms with Gasteiger partial charge in [-0.3, -0.25) is 14.4 Å². The van der Waals surface area contributed by atoms with Gasteiger partial charge in [-0.15, -0.1) is 0 Å². The van der Waals surface area contributed by atoms with Crippen molar-refractivity contribution in [1.29, 1.82) is 0 Å². The van der Waals surface area contributed by atoms with Crippen LogP contribution in [0.5, 0.6) is 0 Å². The number of nitrogens with zero attached hydrogens (tertiary/aromatic N) is 4. The van der Waals surface area contributed by atoms with E-state index < -0.39 is 53.2 Å². The predicted molar refractivity (Wildman–Crippen MR) is 153 cm³/mol. The van der Waals surface area contributed by atoms with E-state index in [0.29, 0.717) is 12.0 Å². The Hall–Kier alpha value is -2.26. The average Bonchev–Trinajstić information content (AvgIpc) is 2.85. The SMILES string of the molecule is C/C1=C\C(C)(N=[N+]=[N-])[C@@H](C)OC(=O)[C@H](C)C(=O)[C@H](C)[C@@H](OC2OC(C)CC(N(C)C)C2C)C(C)(C)C[C@@H](C)C1=O. The Morgan fingerprint density at radius 3 is 2.23 bits per heavy atom. The average molecular weight is 563 g/mol. The lowest BCUT2D eigenvalue weighted by Crippen LogP contribution is -2.53. The Kier molecular flexibility index (Phi) is 11.2. The molecule has 10 heteroatoms. The van der Waals surface area contributed by atoms with E-state index in [4.69, 9.17) is 14.2 Å². The molecule has 0 aliphatic carbocycles. The number of hydrogen-bond acceptors (Lipinski definition) is 8. The van der Waals surface area contributed by atoms with Crippen LogP contribution in [0.3, 0.4) is 0 Å². The second kappa shape index (κ2) is 13.1. The highest BCUT2D eigenvalue weighted by Crippen LogP contribution is 2.41. The van der Waals surface area contributed by atoms with Crippen molar-refractivity contribution in [2.45, 2.75) is 118 Å². The Balaban J connectivity index is 2.59. The molecule has 10 atom stereocenters. The number of azide groups is 1. The van der Waals surface area contributed by atoms with Gasteiger partial charge in [0.1, 0.15) is 17.6 Å². The van der Waals surface area contributed by atoms with Crippen molar-refractivity contribution >= 4 is 17.5 Å². The van der Waals surface area contributed by atoms with Gasteiger partial charge in [0.2, 0.25) is 0 Å². The summed E-state index contributed by atoms with van der Waals surface area (Å²) >= 11 is 0. The van der Waals surface area contributed by atoms with Crippen LogP contribution in [0.25, 0.3) is 10.4 Å². The molecule has 2 heterocycles. The monoisotopic (exact) mass is 562 g/mol. The summed E-state index contributed by atoms with van der Waals surface area (Å²) in [6, 6.07) is 0.232. The Bertz CT molecular complexity index is 1040. The van der Waals surface area contributed by atoms with E-state index in [1.807, 2.05) is 41.8 Å².